The number of likely N-dealkylation sites (N-methyl/N-ethyl adjacent to an activating group) is 1. The van der Waals surface area contributed by atoms with Gasteiger partial charge >= 0.3 is 0 Å². The quantitative estimate of drug-likeness (QED) is 0.456. The van der Waals surface area contributed by atoms with Crippen LogP contribution in [-0.2, 0) is 6.54 Å². The molecule has 6 rings (SSSR count). The van der Waals surface area contributed by atoms with Crippen LogP contribution in [0.2, 0.25) is 0 Å². The molecule has 0 radical (unpaired) electrons. The third-order valence-electron chi connectivity index (χ3n) is 8.66. The molecule has 0 unspecified atom stereocenters. The normalized spacial score (nSPS) is 24.4. The molecular weight excluding hydrogens is 460 g/mol. The first kappa shape index (κ1) is 24.8. The van der Waals surface area contributed by atoms with E-state index in [2.05, 4.69) is 64.1 Å². The molecule has 3 fully saturated rings. The van der Waals surface area contributed by atoms with Gasteiger partial charge in [0.25, 0.3) is 0 Å². The third kappa shape index (κ3) is 5.84. The minimum Gasteiger partial charge on any atom is -0.393 e. The number of fused-ring (bicyclic) bond motifs is 1. The van der Waals surface area contributed by atoms with Crippen molar-refractivity contribution in [2.45, 2.75) is 76.6 Å². The van der Waals surface area contributed by atoms with E-state index in [1.165, 1.54) is 36.0 Å². The second-order valence-corrected chi connectivity index (χ2v) is 11.8. The Balaban J connectivity index is 1.27. The van der Waals surface area contributed by atoms with E-state index < -0.39 is 0 Å². The topological polar surface area (TPSA) is 69.5 Å². The van der Waals surface area contributed by atoms with E-state index in [1.807, 2.05) is 6.20 Å². The first-order valence-corrected chi connectivity index (χ1v) is 14.3. The number of aliphatic hydroxyl groups excluding tert-OH is 1. The van der Waals surface area contributed by atoms with Gasteiger partial charge in [-0.3, -0.25) is 4.90 Å². The van der Waals surface area contributed by atoms with Gasteiger partial charge in [-0.05, 0) is 63.1 Å². The van der Waals surface area contributed by atoms with E-state index in [-0.39, 0.29) is 6.10 Å². The fourth-order valence-corrected chi connectivity index (χ4v) is 6.13. The van der Waals surface area contributed by atoms with Gasteiger partial charge in [-0.15, -0.1) is 0 Å². The van der Waals surface area contributed by atoms with Crippen LogP contribution in [0, 0.1) is 5.92 Å². The van der Waals surface area contributed by atoms with Gasteiger partial charge < -0.3 is 19.9 Å². The summed E-state index contributed by atoms with van der Waals surface area (Å²) in [6.07, 6.45) is 11.7. The first-order chi connectivity index (χ1) is 18.0. The lowest BCUT2D eigenvalue weighted by molar-refractivity contribution is 0.111. The molecule has 0 spiro atoms. The molecule has 2 aromatic heterocycles. The van der Waals surface area contributed by atoms with Crippen molar-refractivity contribution < 1.29 is 5.11 Å². The molecule has 3 aromatic rings. The maximum Gasteiger partial charge on any atom is 0.224 e. The van der Waals surface area contributed by atoms with Gasteiger partial charge in [-0.1, -0.05) is 37.1 Å². The second kappa shape index (κ2) is 10.7. The van der Waals surface area contributed by atoms with E-state index in [4.69, 9.17) is 9.97 Å². The van der Waals surface area contributed by atoms with Crippen LogP contribution in [0.15, 0.2) is 36.7 Å². The van der Waals surface area contributed by atoms with Gasteiger partial charge in [0.05, 0.1) is 6.10 Å². The summed E-state index contributed by atoms with van der Waals surface area (Å²) >= 11 is 0. The number of anilines is 1. The largest absolute Gasteiger partial charge is 0.393 e. The van der Waals surface area contributed by atoms with Crippen LogP contribution in [0.4, 0.5) is 5.95 Å². The van der Waals surface area contributed by atoms with Crippen LogP contribution >= 0.6 is 0 Å². The first-order valence-electron chi connectivity index (χ1n) is 14.3. The second-order valence-electron chi connectivity index (χ2n) is 11.8. The van der Waals surface area contributed by atoms with Crippen LogP contribution in [0.3, 0.4) is 0 Å². The van der Waals surface area contributed by atoms with Crippen LogP contribution in [-0.4, -0.2) is 74.8 Å². The fraction of sp³-hybridized carbons (Fsp3) is 0.600. The summed E-state index contributed by atoms with van der Waals surface area (Å²) in [5.74, 6) is 1.60. The lowest BCUT2D eigenvalue weighted by Gasteiger charge is -2.32. The predicted molar refractivity (Wildman–Crippen MR) is 150 cm³/mol. The number of rotatable bonds is 8. The van der Waals surface area contributed by atoms with Crippen LogP contribution in [0.5, 0.6) is 0 Å². The van der Waals surface area contributed by atoms with E-state index in [0.717, 1.165) is 81.3 Å². The highest BCUT2D eigenvalue weighted by molar-refractivity contribution is 5.94. The maximum absolute atomic E-state index is 10.1. The number of nitrogens with one attached hydrogen (secondary N) is 1. The van der Waals surface area contributed by atoms with Crippen LogP contribution in [0.1, 0.15) is 63.5 Å². The number of piperazine rings is 1. The van der Waals surface area contributed by atoms with E-state index in [0.29, 0.717) is 12.1 Å². The predicted octanol–water partition coefficient (Wildman–Crippen LogP) is 4.92. The van der Waals surface area contributed by atoms with Gasteiger partial charge in [-0.2, -0.15) is 4.98 Å². The molecule has 1 atom stereocenters. The average Bonchev–Trinajstić information content (AvgIpc) is 3.64. The SMILES string of the molecule is C[C@H](CC1CC1)Nc1ncc2c(-c3ccc(CN4CCN(C)CC4)cc3)cn([C@H]3CC[C@H](O)CC3)c2n1. The Morgan fingerprint density at radius 2 is 1.73 bits per heavy atom. The summed E-state index contributed by atoms with van der Waals surface area (Å²) in [6, 6.07) is 9.83. The number of hydrogen-bond donors (Lipinski definition) is 2. The van der Waals surface area contributed by atoms with Crippen molar-refractivity contribution in [2.75, 3.05) is 38.5 Å². The molecule has 2 aliphatic carbocycles. The Kier molecular flexibility index (Phi) is 7.19. The minimum absolute atomic E-state index is 0.166. The standard InChI is InChI=1S/C30H42N6O/c1-21(17-22-3-4-22)32-30-31-18-27-28(20-36(29(27)33-30)25-9-11-26(37)12-10-25)24-7-5-23(6-8-24)19-35-15-13-34(2)14-16-35/h5-8,18,20-22,25-26,37H,3-4,9-17,19H2,1-2H3,(H,31,32,33)/t21-,25-,26-/m1/s1. The summed E-state index contributed by atoms with van der Waals surface area (Å²) in [6.45, 7) is 7.81. The Hall–Kier alpha value is -2.48. The van der Waals surface area contributed by atoms with Gasteiger partial charge in [-0.25, -0.2) is 4.98 Å². The average molecular weight is 503 g/mol. The molecule has 0 amide bonds. The molecule has 2 saturated carbocycles. The lowest BCUT2D eigenvalue weighted by atomic mass is 9.93. The molecule has 37 heavy (non-hydrogen) atoms. The Labute approximate surface area is 220 Å². The molecule has 3 aliphatic rings. The van der Waals surface area contributed by atoms with Crippen molar-refractivity contribution in [1.82, 2.24) is 24.3 Å². The van der Waals surface area contributed by atoms with Gasteiger partial charge in [0.15, 0.2) is 0 Å². The molecule has 0 bridgehead atoms. The van der Waals surface area contributed by atoms with Crippen molar-refractivity contribution in [3.8, 4) is 11.1 Å². The minimum atomic E-state index is -0.166. The van der Waals surface area contributed by atoms with Crippen molar-refractivity contribution in [3.63, 3.8) is 0 Å². The highest BCUT2D eigenvalue weighted by Gasteiger charge is 2.26. The molecule has 1 aliphatic heterocycles. The highest BCUT2D eigenvalue weighted by atomic mass is 16.3. The zero-order valence-corrected chi connectivity index (χ0v) is 22.4. The molecule has 3 heterocycles. The van der Waals surface area contributed by atoms with Crippen LogP contribution < -0.4 is 5.32 Å². The third-order valence-corrected chi connectivity index (χ3v) is 8.66. The summed E-state index contributed by atoms with van der Waals surface area (Å²) < 4.78 is 2.37. The molecule has 1 saturated heterocycles. The van der Waals surface area contributed by atoms with E-state index in [1.54, 1.807) is 0 Å². The molecule has 7 heteroatoms. The zero-order chi connectivity index (χ0) is 25.4. The van der Waals surface area contributed by atoms with Crippen molar-refractivity contribution >= 4 is 17.0 Å². The van der Waals surface area contributed by atoms with Crippen molar-refractivity contribution in [2.24, 2.45) is 5.92 Å². The van der Waals surface area contributed by atoms with Crippen molar-refractivity contribution in [1.29, 1.82) is 0 Å². The lowest BCUT2D eigenvalue weighted by Crippen LogP contribution is -2.43. The molecule has 7 nitrogen and oxygen atoms in total. The fourth-order valence-electron chi connectivity index (χ4n) is 6.13. The number of nitrogens with zero attached hydrogens (tertiary/aromatic N) is 5. The molecule has 2 N–H and O–H groups in total. The summed E-state index contributed by atoms with van der Waals surface area (Å²) in [4.78, 5) is 14.7. The monoisotopic (exact) mass is 502 g/mol. The van der Waals surface area contributed by atoms with Gasteiger partial charge in [0.1, 0.15) is 5.65 Å². The molecular formula is C30H42N6O. The number of benzene rings is 1. The zero-order valence-electron chi connectivity index (χ0n) is 22.4. The van der Waals surface area contributed by atoms with E-state index in [9.17, 15) is 5.11 Å². The summed E-state index contributed by atoms with van der Waals surface area (Å²) in [7, 11) is 2.20. The van der Waals surface area contributed by atoms with Gasteiger partial charge in [0.2, 0.25) is 5.95 Å². The smallest absolute Gasteiger partial charge is 0.224 e. The molecule has 198 valence electrons. The highest BCUT2D eigenvalue weighted by Crippen LogP contribution is 2.37. The summed E-state index contributed by atoms with van der Waals surface area (Å²) in [5, 5.41) is 14.8. The van der Waals surface area contributed by atoms with Gasteiger partial charge in [0, 0.05) is 68.2 Å². The maximum atomic E-state index is 10.1. The summed E-state index contributed by atoms with van der Waals surface area (Å²) in [5.41, 5.74) is 4.79. The Bertz CT molecular complexity index is 1190. The number of aliphatic hydroxyl groups is 1. The number of aromatic nitrogens is 3. The Morgan fingerprint density at radius 1 is 1.00 bits per heavy atom. The van der Waals surface area contributed by atoms with Crippen LogP contribution in [0.25, 0.3) is 22.2 Å². The molecule has 1 aromatic carbocycles. The van der Waals surface area contributed by atoms with Crippen molar-refractivity contribution in [3.05, 3.63) is 42.2 Å². The number of hydrogen-bond acceptors (Lipinski definition) is 6. The Morgan fingerprint density at radius 3 is 2.43 bits per heavy atom. The van der Waals surface area contributed by atoms with E-state index >= 15 is 0 Å².